The van der Waals surface area contributed by atoms with Gasteiger partial charge in [0.05, 0.1) is 0 Å². The van der Waals surface area contributed by atoms with E-state index in [2.05, 4.69) is 4.72 Å². The largest absolute Gasteiger partial charge is 0.477 e. The Hall–Kier alpha value is -1.34. The second-order valence-electron chi connectivity index (χ2n) is 4.80. The van der Waals surface area contributed by atoms with Crippen LogP contribution in [0.5, 0.6) is 0 Å². The first kappa shape index (κ1) is 13.7. The molecule has 0 aromatic carbocycles. The van der Waals surface area contributed by atoms with E-state index in [1.54, 1.807) is 20.8 Å². The van der Waals surface area contributed by atoms with E-state index in [1.807, 2.05) is 0 Å². The molecule has 0 saturated carbocycles. The number of rotatable bonds is 3. The lowest BCUT2D eigenvalue weighted by molar-refractivity contribution is 0.0682. The first-order valence-corrected chi connectivity index (χ1v) is 6.45. The molecule has 1 rings (SSSR count). The standard InChI is InChI=1S/C10H16N2O4S/c1-10(2,3)11-17(15,16)7-5-6-12(4)8(7)9(13)14/h5-6,11H,1-4H3,(H,13,14). The van der Waals surface area contributed by atoms with Crippen LogP contribution in [0, 0.1) is 0 Å². The van der Waals surface area contributed by atoms with Crippen LogP contribution < -0.4 is 4.72 Å². The van der Waals surface area contributed by atoms with Crippen molar-refractivity contribution in [2.24, 2.45) is 7.05 Å². The lowest BCUT2D eigenvalue weighted by Gasteiger charge is -2.20. The number of carbonyl (C=O) groups is 1. The number of carboxylic acid groups (broad SMARTS) is 1. The molecule has 0 unspecified atom stereocenters. The number of aromatic nitrogens is 1. The number of hydrogen-bond donors (Lipinski definition) is 2. The van der Waals surface area contributed by atoms with Crippen molar-refractivity contribution in [3.05, 3.63) is 18.0 Å². The van der Waals surface area contributed by atoms with Crippen LogP contribution in [0.3, 0.4) is 0 Å². The number of nitrogens with one attached hydrogen (secondary N) is 1. The van der Waals surface area contributed by atoms with Crippen molar-refractivity contribution in [1.82, 2.24) is 9.29 Å². The van der Waals surface area contributed by atoms with Gasteiger partial charge in [-0.1, -0.05) is 0 Å². The van der Waals surface area contributed by atoms with E-state index in [4.69, 9.17) is 5.11 Å². The number of nitrogens with zero attached hydrogens (tertiary/aromatic N) is 1. The molecule has 1 heterocycles. The van der Waals surface area contributed by atoms with Gasteiger partial charge in [0.15, 0.2) is 0 Å². The quantitative estimate of drug-likeness (QED) is 0.841. The van der Waals surface area contributed by atoms with E-state index in [1.165, 1.54) is 23.9 Å². The third-order valence-electron chi connectivity index (χ3n) is 1.97. The molecule has 0 atom stereocenters. The highest BCUT2D eigenvalue weighted by Crippen LogP contribution is 2.18. The van der Waals surface area contributed by atoms with Crippen LogP contribution in [-0.4, -0.2) is 29.6 Å². The Morgan fingerprint density at radius 3 is 2.35 bits per heavy atom. The summed E-state index contributed by atoms with van der Waals surface area (Å²) in [4.78, 5) is 10.8. The monoisotopic (exact) mass is 260 g/mol. The summed E-state index contributed by atoms with van der Waals surface area (Å²) in [5.41, 5.74) is -0.911. The molecule has 0 amide bonds. The van der Waals surface area contributed by atoms with Crippen molar-refractivity contribution in [3.8, 4) is 0 Å². The molecule has 6 nitrogen and oxygen atoms in total. The fourth-order valence-electron chi connectivity index (χ4n) is 1.44. The van der Waals surface area contributed by atoms with Gasteiger partial charge in [-0.25, -0.2) is 17.9 Å². The maximum atomic E-state index is 12.0. The Balaban J connectivity index is 3.30. The molecule has 2 N–H and O–H groups in total. The van der Waals surface area contributed by atoms with E-state index >= 15 is 0 Å². The molecule has 0 aliphatic heterocycles. The third-order valence-corrected chi connectivity index (χ3v) is 3.76. The van der Waals surface area contributed by atoms with Gasteiger partial charge in [-0.15, -0.1) is 0 Å². The molecule has 0 aliphatic carbocycles. The average Bonchev–Trinajstić information content (AvgIpc) is 2.42. The molecule has 1 aromatic heterocycles. The fraction of sp³-hybridized carbons (Fsp3) is 0.500. The Labute approximate surface area is 100 Å². The number of aryl methyl sites for hydroxylation is 1. The van der Waals surface area contributed by atoms with Crippen molar-refractivity contribution >= 4 is 16.0 Å². The predicted molar refractivity (Wildman–Crippen MR) is 62.4 cm³/mol. The van der Waals surface area contributed by atoms with Crippen LogP contribution in [0.1, 0.15) is 31.3 Å². The Bertz CT molecular complexity index is 537. The minimum Gasteiger partial charge on any atom is -0.477 e. The minimum absolute atomic E-state index is 0.220. The zero-order valence-corrected chi connectivity index (χ0v) is 11.0. The fourth-order valence-corrected chi connectivity index (χ4v) is 3.08. The molecular weight excluding hydrogens is 244 g/mol. The van der Waals surface area contributed by atoms with E-state index < -0.39 is 21.5 Å². The van der Waals surface area contributed by atoms with Crippen molar-refractivity contribution in [2.75, 3.05) is 0 Å². The van der Waals surface area contributed by atoms with Gasteiger partial charge in [0, 0.05) is 18.8 Å². The molecule has 0 saturated heterocycles. The number of hydrogen-bond acceptors (Lipinski definition) is 3. The van der Waals surface area contributed by atoms with Gasteiger partial charge >= 0.3 is 5.97 Å². The highest BCUT2D eigenvalue weighted by Gasteiger charge is 2.28. The second kappa shape index (κ2) is 4.15. The first-order valence-electron chi connectivity index (χ1n) is 4.97. The van der Waals surface area contributed by atoms with Gasteiger partial charge in [0.2, 0.25) is 10.0 Å². The summed E-state index contributed by atoms with van der Waals surface area (Å²) in [5, 5.41) is 8.98. The van der Waals surface area contributed by atoms with Crippen LogP contribution in [-0.2, 0) is 17.1 Å². The molecule has 0 aliphatic rings. The van der Waals surface area contributed by atoms with Gasteiger partial charge in [-0.2, -0.15) is 0 Å². The zero-order valence-electron chi connectivity index (χ0n) is 10.2. The van der Waals surface area contributed by atoms with E-state index in [0.29, 0.717) is 0 Å². The van der Waals surface area contributed by atoms with Gasteiger partial charge in [-0.05, 0) is 26.8 Å². The highest BCUT2D eigenvalue weighted by molar-refractivity contribution is 7.89. The average molecular weight is 260 g/mol. The maximum absolute atomic E-state index is 12.0. The number of aromatic carboxylic acids is 1. The summed E-state index contributed by atoms with van der Waals surface area (Å²) in [7, 11) is -2.34. The van der Waals surface area contributed by atoms with Crippen molar-refractivity contribution < 1.29 is 18.3 Å². The normalized spacial score (nSPS) is 12.7. The summed E-state index contributed by atoms with van der Waals surface area (Å²) >= 11 is 0. The van der Waals surface area contributed by atoms with E-state index in [9.17, 15) is 13.2 Å². The minimum atomic E-state index is -3.82. The summed E-state index contributed by atoms with van der Waals surface area (Å²) in [6.45, 7) is 5.07. The Morgan fingerprint density at radius 2 is 1.94 bits per heavy atom. The molecule has 7 heteroatoms. The smallest absolute Gasteiger partial charge is 0.353 e. The van der Waals surface area contributed by atoms with Crippen LogP contribution in [0.2, 0.25) is 0 Å². The third kappa shape index (κ3) is 3.07. The Morgan fingerprint density at radius 1 is 1.41 bits per heavy atom. The van der Waals surface area contributed by atoms with Crippen LogP contribution in [0.25, 0.3) is 0 Å². The SMILES string of the molecule is Cn1ccc(S(=O)(=O)NC(C)(C)C)c1C(=O)O. The van der Waals surface area contributed by atoms with E-state index in [0.717, 1.165) is 0 Å². The molecular formula is C10H16N2O4S. The molecule has 0 spiro atoms. The highest BCUT2D eigenvalue weighted by atomic mass is 32.2. The number of carboxylic acids is 1. The molecule has 1 aromatic rings. The van der Waals surface area contributed by atoms with Crippen molar-refractivity contribution in [3.63, 3.8) is 0 Å². The van der Waals surface area contributed by atoms with Gasteiger partial charge < -0.3 is 9.67 Å². The van der Waals surface area contributed by atoms with Crippen LogP contribution >= 0.6 is 0 Å². The predicted octanol–water partition coefficient (Wildman–Crippen LogP) is 0.800. The summed E-state index contributed by atoms with van der Waals surface area (Å²) in [5.74, 6) is -1.27. The molecule has 0 radical (unpaired) electrons. The molecule has 0 bridgehead atoms. The summed E-state index contributed by atoms with van der Waals surface area (Å²) < 4.78 is 27.7. The lowest BCUT2D eigenvalue weighted by Crippen LogP contribution is -2.40. The summed E-state index contributed by atoms with van der Waals surface area (Å²) in [6, 6.07) is 1.28. The van der Waals surface area contributed by atoms with Crippen molar-refractivity contribution in [1.29, 1.82) is 0 Å². The second-order valence-corrected chi connectivity index (χ2v) is 6.45. The lowest BCUT2D eigenvalue weighted by atomic mass is 10.1. The Kier molecular flexibility index (Phi) is 3.35. The van der Waals surface area contributed by atoms with Gasteiger partial charge in [0.1, 0.15) is 10.6 Å². The molecule has 17 heavy (non-hydrogen) atoms. The van der Waals surface area contributed by atoms with Gasteiger partial charge in [0.25, 0.3) is 0 Å². The molecule has 0 fully saturated rings. The van der Waals surface area contributed by atoms with Crippen LogP contribution in [0.15, 0.2) is 17.2 Å². The maximum Gasteiger partial charge on any atom is 0.353 e. The number of sulfonamides is 1. The van der Waals surface area contributed by atoms with Gasteiger partial charge in [-0.3, -0.25) is 0 Å². The van der Waals surface area contributed by atoms with Crippen LogP contribution in [0.4, 0.5) is 0 Å². The zero-order chi connectivity index (χ0) is 13.4. The molecule has 96 valence electrons. The van der Waals surface area contributed by atoms with E-state index in [-0.39, 0.29) is 10.6 Å². The van der Waals surface area contributed by atoms with Crippen molar-refractivity contribution in [2.45, 2.75) is 31.2 Å². The first-order chi connectivity index (χ1) is 7.54. The topological polar surface area (TPSA) is 88.4 Å². The summed E-state index contributed by atoms with van der Waals surface area (Å²) in [6.07, 6.45) is 1.40.